The van der Waals surface area contributed by atoms with Crippen molar-refractivity contribution in [3.8, 4) is 0 Å². The van der Waals surface area contributed by atoms with Crippen LogP contribution in [0, 0.1) is 0 Å². The first kappa shape index (κ1) is 16.9. The predicted molar refractivity (Wildman–Crippen MR) is 88.2 cm³/mol. The third-order valence-electron chi connectivity index (χ3n) is 4.76. The van der Waals surface area contributed by atoms with Gasteiger partial charge in [0.25, 0.3) is 0 Å². The molecule has 2 amide bonds. The minimum Gasteiger partial charge on any atom is -0.394 e. The van der Waals surface area contributed by atoms with Crippen LogP contribution in [0.3, 0.4) is 0 Å². The third kappa shape index (κ3) is 3.60. The van der Waals surface area contributed by atoms with E-state index >= 15 is 0 Å². The van der Waals surface area contributed by atoms with E-state index in [0.717, 1.165) is 18.5 Å². The predicted octanol–water partition coefficient (Wildman–Crippen LogP) is 0.960. The molecule has 2 fully saturated rings. The van der Waals surface area contributed by atoms with Gasteiger partial charge in [0.1, 0.15) is 6.10 Å². The second-order valence-electron chi connectivity index (χ2n) is 6.27. The van der Waals surface area contributed by atoms with E-state index < -0.39 is 6.10 Å². The first-order valence-electron chi connectivity index (χ1n) is 8.55. The van der Waals surface area contributed by atoms with Gasteiger partial charge in [0.2, 0.25) is 11.8 Å². The summed E-state index contributed by atoms with van der Waals surface area (Å²) < 4.78 is 5.66. The van der Waals surface area contributed by atoms with Gasteiger partial charge in [0.05, 0.1) is 19.3 Å². The lowest BCUT2D eigenvalue weighted by Gasteiger charge is -2.41. The van der Waals surface area contributed by atoms with E-state index in [1.807, 2.05) is 30.3 Å². The Balaban J connectivity index is 1.71. The number of carbonyl (C=O) groups is 2. The Hall–Kier alpha value is -1.92. The fourth-order valence-electron chi connectivity index (χ4n) is 3.53. The zero-order chi connectivity index (χ0) is 16.9. The molecule has 6 heteroatoms. The fraction of sp³-hybridized carbons (Fsp3) is 0.556. The first-order valence-corrected chi connectivity index (χ1v) is 8.55. The smallest absolute Gasteiger partial charge is 0.225 e. The van der Waals surface area contributed by atoms with E-state index in [-0.39, 0.29) is 24.5 Å². The second kappa shape index (κ2) is 7.77. The minimum absolute atomic E-state index is 0.00491. The van der Waals surface area contributed by atoms with Gasteiger partial charge in [-0.2, -0.15) is 0 Å². The standard InChI is InChI=1S/C18H24N2O4/c21-13-15-18(14-5-2-1-3-6-14)20(11-12-24-15)17(23)8-10-19-9-4-7-16(19)22/h1-3,5-6,15,18,21H,4,7-13H2/t15-,18-/m1/s1. The molecule has 0 unspecified atom stereocenters. The number of hydrogen-bond donors (Lipinski definition) is 1. The van der Waals surface area contributed by atoms with Crippen molar-refractivity contribution in [1.29, 1.82) is 0 Å². The summed E-state index contributed by atoms with van der Waals surface area (Å²) in [6.45, 7) is 2.01. The third-order valence-corrected chi connectivity index (χ3v) is 4.76. The van der Waals surface area contributed by atoms with Crippen molar-refractivity contribution in [2.75, 3.05) is 32.8 Å². The molecule has 6 nitrogen and oxygen atoms in total. The zero-order valence-corrected chi connectivity index (χ0v) is 13.8. The molecule has 0 aromatic heterocycles. The van der Waals surface area contributed by atoms with Crippen molar-refractivity contribution in [1.82, 2.24) is 9.80 Å². The maximum atomic E-state index is 12.8. The molecule has 2 heterocycles. The maximum absolute atomic E-state index is 12.8. The Morgan fingerprint density at radius 2 is 2.04 bits per heavy atom. The fourth-order valence-corrected chi connectivity index (χ4v) is 3.53. The molecule has 0 bridgehead atoms. The molecule has 2 aliphatic rings. The van der Waals surface area contributed by atoms with Gasteiger partial charge in [-0.1, -0.05) is 30.3 Å². The number of benzene rings is 1. The van der Waals surface area contributed by atoms with Crippen molar-refractivity contribution < 1.29 is 19.4 Å². The Kier molecular flexibility index (Phi) is 5.48. The molecule has 2 atom stereocenters. The van der Waals surface area contributed by atoms with Crippen LogP contribution in [0.2, 0.25) is 0 Å². The maximum Gasteiger partial charge on any atom is 0.225 e. The van der Waals surface area contributed by atoms with Crippen LogP contribution in [-0.2, 0) is 14.3 Å². The minimum atomic E-state index is -0.418. The lowest BCUT2D eigenvalue weighted by Crippen LogP contribution is -2.50. The van der Waals surface area contributed by atoms with Crippen molar-refractivity contribution in [2.24, 2.45) is 0 Å². The molecule has 1 N–H and O–H groups in total. The zero-order valence-electron chi connectivity index (χ0n) is 13.8. The summed E-state index contributed by atoms with van der Waals surface area (Å²) in [6.07, 6.45) is 1.36. The SMILES string of the molecule is O=C1CCCN1CCC(=O)N1CCO[C@H](CO)[C@H]1c1ccccc1. The van der Waals surface area contributed by atoms with Gasteiger partial charge < -0.3 is 19.6 Å². The van der Waals surface area contributed by atoms with Crippen molar-refractivity contribution >= 4 is 11.8 Å². The lowest BCUT2D eigenvalue weighted by atomic mass is 9.98. The van der Waals surface area contributed by atoms with Gasteiger partial charge in [0.15, 0.2) is 0 Å². The second-order valence-corrected chi connectivity index (χ2v) is 6.27. The van der Waals surface area contributed by atoms with Gasteiger partial charge in [-0.05, 0) is 12.0 Å². The van der Waals surface area contributed by atoms with Crippen LogP contribution < -0.4 is 0 Å². The Labute approximate surface area is 142 Å². The average Bonchev–Trinajstić information content (AvgIpc) is 3.04. The van der Waals surface area contributed by atoms with Crippen molar-refractivity contribution in [3.63, 3.8) is 0 Å². The highest BCUT2D eigenvalue weighted by Crippen LogP contribution is 2.30. The van der Waals surface area contributed by atoms with Crippen LogP contribution in [-0.4, -0.2) is 65.7 Å². The number of ether oxygens (including phenoxy) is 1. The topological polar surface area (TPSA) is 70.1 Å². The Bertz CT molecular complexity index is 578. The Morgan fingerprint density at radius 1 is 1.25 bits per heavy atom. The van der Waals surface area contributed by atoms with Gasteiger partial charge in [0, 0.05) is 32.5 Å². The molecule has 130 valence electrons. The van der Waals surface area contributed by atoms with Gasteiger partial charge in [-0.25, -0.2) is 0 Å². The van der Waals surface area contributed by atoms with Crippen LogP contribution >= 0.6 is 0 Å². The molecular formula is C18H24N2O4. The number of hydrogen-bond acceptors (Lipinski definition) is 4. The summed E-state index contributed by atoms with van der Waals surface area (Å²) in [4.78, 5) is 28.0. The van der Waals surface area contributed by atoms with Crippen LogP contribution in [0.15, 0.2) is 30.3 Å². The van der Waals surface area contributed by atoms with Gasteiger partial charge in [-0.3, -0.25) is 9.59 Å². The molecule has 24 heavy (non-hydrogen) atoms. The van der Waals surface area contributed by atoms with E-state index in [2.05, 4.69) is 0 Å². The molecular weight excluding hydrogens is 308 g/mol. The summed E-state index contributed by atoms with van der Waals surface area (Å²) >= 11 is 0. The number of rotatable bonds is 5. The average molecular weight is 332 g/mol. The monoisotopic (exact) mass is 332 g/mol. The molecule has 0 aliphatic carbocycles. The first-order chi connectivity index (χ1) is 11.7. The highest BCUT2D eigenvalue weighted by atomic mass is 16.5. The quantitative estimate of drug-likeness (QED) is 0.872. The van der Waals surface area contributed by atoms with E-state index in [1.54, 1.807) is 9.80 Å². The molecule has 2 aliphatic heterocycles. The summed E-state index contributed by atoms with van der Waals surface area (Å²) in [6, 6.07) is 9.38. The number of aliphatic hydroxyl groups is 1. The number of morpholine rings is 1. The van der Waals surface area contributed by atoms with Crippen LogP contribution in [0.5, 0.6) is 0 Å². The highest BCUT2D eigenvalue weighted by molar-refractivity contribution is 5.80. The number of nitrogens with zero attached hydrogens (tertiary/aromatic N) is 2. The summed E-state index contributed by atoms with van der Waals surface area (Å²) in [5.74, 6) is 0.142. The van der Waals surface area contributed by atoms with Crippen LogP contribution in [0.4, 0.5) is 0 Å². The van der Waals surface area contributed by atoms with Gasteiger partial charge in [-0.15, -0.1) is 0 Å². The summed E-state index contributed by atoms with van der Waals surface area (Å²) in [7, 11) is 0. The molecule has 0 spiro atoms. The van der Waals surface area contributed by atoms with Crippen molar-refractivity contribution in [3.05, 3.63) is 35.9 Å². The summed E-state index contributed by atoms with van der Waals surface area (Å²) in [5.41, 5.74) is 0.960. The molecule has 2 saturated heterocycles. The van der Waals surface area contributed by atoms with E-state index in [1.165, 1.54) is 0 Å². The van der Waals surface area contributed by atoms with Crippen molar-refractivity contribution in [2.45, 2.75) is 31.4 Å². The van der Waals surface area contributed by atoms with Crippen LogP contribution in [0.1, 0.15) is 30.9 Å². The number of carbonyl (C=O) groups excluding carboxylic acids is 2. The normalized spacial score (nSPS) is 24.5. The molecule has 1 aromatic rings. The van der Waals surface area contributed by atoms with E-state index in [0.29, 0.717) is 32.5 Å². The Morgan fingerprint density at radius 3 is 2.71 bits per heavy atom. The molecule has 0 radical (unpaired) electrons. The molecule has 1 aromatic carbocycles. The number of aliphatic hydroxyl groups excluding tert-OH is 1. The highest BCUT2D eigenvalue weighted by Gasteiger charge is 2.36. The molecule has 0 saturated carbocycles. The number of amides is 2. The van der Waals surface area contributed by atoms with Gasteiger partial charge >= 0.3 is 0 Å². The molecule has 3 rings (SSSR count). The lowest BCUT2D eigenvalue weighted by molar-refractivity contribution is -0.150. The van der Waals surface area contributed by atoms with Crippen LogP contribution in [0.25, 0.3) is 0 Å². The number of likely N-dealkylation sites (tertiary alicyclic amines) is 1. The van der Waals surface area contributed by atoms with E-state index in [9.17, 15) is 14.7 Å². The largest absolute Gasteiger partial charge is 0.394 e. The summed E-state index contributed by atoms with van der Waals surface area (Å²) in [5, 5.41) is 9.64. The van der Waals surface area contributed by atoms with E-state index in [4.69, 9.17) is 4.74 Å².